The molecule has 0 aliphatic carbocycles. The lowest BCUT2D eigenvalue weighted by atomic mass is 9.97. The molecule has 0 spiro atoms. The molecule has 6 heteroatoms. The Balaban J connectivity index is 2.37. The molecule has 102 valence electrons. The summed E-state index contributed by atoms with van der Waals surface area (Å²) in [7, 11) is 1.21. The third-order valence-corrected chi connectivity index (χ3v) is 3.76. The van der Waals surface area contributed by atoms with Gasteiger partial charge in [-0.3, -0.25) is 4.79 Å². The molecule has 0 N–H and O–H groups in total. The van der Waals surface area contributed by atoms with Gasteiger partial charge in [0.1, 0.15) is 0 Å². The minimum absolute atomic E-state index is 0.481. The van der Waals surface area contributed by atoms with E-state index in [1.54, 1.807) is 12.1 Å². The third-order valence-electron chi connectivity index (χ3n) is 3.17. The topological polar surface area (TPSA) is 46.6 Å². The van der Waals surface area contributed by atoms with Crippen LogP contribution in [0.1, 0.15) is 11.5 Å². The van der Waals surface area contributed by atoms with Crippen molar-refractivity contribution in [3.05, 3.63) is 28.8 Å². The highest BCUT2D eigenvalue weighted by atomic mass is 79.9. The molecule has 1 aliphatic rings. The minimum Gasteiger partial charge on any atom is -0.463 e. The van der Waals surface area contributed by atoms with Crippen molar-refractivity contribution in [2.75, 3.05) is 30.4 Å². The van der Waals surface area contributed by atoms with Crippen LogP contribution in [0.4, 0.5) is 5.69 Å². The Morgan fingerprint density at radius 2 is 2.26 bits per heavy atom. The van der Waals surface area contributed by atoms with Gasteiger partial charge in [0.15, 0.2) is 0 Å². The van der Waals surface area contributed by atoms with E-state index in [-0.39, 0.29) is 0 Å². The molecule has 19 heavy (non-hydrogen) atoms. The summed E-state index contributed by atoms with van der Waals surface area (Å²) in [5.74, 6) is -1.83. The van der Waals surface area contributed by atoms with E-state index in [0.29, 0.717) is 11.6 Å². The first-order valence-corrected chi connectivity index (χ1v) is 7.31. The van der Waals surface area contributed by atoms with Gasteiger partial charge in [-0.1, -0.05) is 27.5 Å². The smallest absolute Gasteiger partial charge is 0.375 e. The third kappa shape index (κ3) is 2.77. The number of fused-ring (bicyclic) bond motifs is 1. The zero-order chi connectivity index (χ0) is 14.0. The van der Waals surface area contributed by atoms with Crippen molar-refractivity contribution < 1.29 is 14.3 Å². The Labute approximate surface area is 124 Å². The summed E-state index contributed by atoms with van der Waals surface area (Å²) in [5.41, 5.74) is 1.75. The fourth-order valence-electron chi connectivity index (χ4n) is 2.29. The van der Waals surface area contributed by atoms with E-state index in [9.17, 15) is 9.59 Å². The number of hydrogen-bond acceptors (Lipinski definition) is 4. The second kappa shape index (κ2) is 5.92. The normalized spacial score (nSPS) is 17.2. The van der Waals surface area contributed by atoms with Crippen molar-refractivity contribution >= 4 is 45.0 Å². The molecule has 1 heterocycles. The average molecular weight is 347 g/mol. The number of esters is 1. The highest BCUT2D eigenvalue weighted by Crippen LogP contribution is 2.38. The molecule has 1 unspecified atom stereocenters. The SMILES string of the molecule is COC(=O)C(=O)C1CN(CCBr)c2ccc(Cl)cc21. The molecule has 1 aliphatic heterocycles. The number of ketones is 1. The Morgan fingerprint density at radius 1 is 1.53 bits per heavy atom. The molecule has 4 nitrogen and oxygen atoms in total. The van der Waals surface area contributed by atoms with Crippen LogP contribution in [-0.4, -0.2) is 37.3 Å². The van der Waals surface area contributed by atoms with Gasteiger partial charge < -0.3 is 9.64 Å². The number of ether oxygens (including phenoxy) is 1. The number of halogens is 2. The Morgan fingerprint density at radius 3 is 2.89 bits per heavy atom. The summed E-state index contributed by atoms with van der Waals surface area (Å²) in [6.45, 7) is 1.24. The second-order valence-electron chi connectivity index (χ2n) is 4.25. The Bertz CT molecular complexity index is 521. The van der Waals surface area contributed by atoms with Crippen molar-refractivity contribution in [1.82, 2.24) is 0 Å². The Hall–Kier alpha value is -1.07. The molecular weight excluding hydrogens is 334 g/mol. The van der Waals surface area contributed by atoms with Gasteiger partial charge in [0.25, 0.3) is 0 Å². The van der Waals surface area contributed by atoms with E-state index >= 15 is 0 Å². The van der Waals surface area contributed by atoms with Crippen LogP contribution in [0, 0.1) is 0 Å². The number of nitrogens with zero attached hydrogens (tertiary/aromatic N) is 1. The summed E-state index contributed by atoms with van der Waals surface area (Å²) in [4.78, 5) is 25.5. The fourth-order valence-corrected chi connectivity index (χ4v) is 2.90. The number of rotatable bonds is 4. The van der Waals surface area contributed by atoms with Crippen LogP contribution in [0.15, 0.2) is 18.2 Å². The number of carbonyl (C=O) groups excluding carboxylic acids is 2. The maximum Gasteiger partial charge on any atom is 0.375 e. The highest BCUT2D eigenvalue weighted by molar-refractivity contribution is 9.09. The second-order valence-corrected chi connectivity index (χ2v) is 5.48. The van der Waals surface area contributed by atoms with Crippen LogP contribution < -0.4 is 4.90 Å². The minimum atomic E-state index is -0.809. The van der Waals surface area contributed by atoms with E-state index in [4.69, 9.17) is 11.6 Å². The zero-order valence-corrected chi connectivity index (χ0v) is 12.7. The number of anilines is 1. The van der Waals surface area contributed by atoms with Crippen LogP contribution in [0.3, 0.4) is 0 Å². The predicted molar refractivity (Wildman–Crippen MR) is 77.2 cm³/mol. The lowest BCUT2D eigenvalue weighted by Gasteiger charge is -2.17. The fraction of sp³-hybridized carbons (Fsp3) is 0.385. The van der Waals surface area contributed by atoms with Gasteiger partial charge in [-0.15, -0.1) is 0 Å². The lowest BCUT2D eigenvalue weighted by Crippen LogP contribution is -2.29. The monoisotopic (exact) mass is 345 g/mol. The van der Waals surface area contributed by atoms with Crippen LogP contribution >= 0.6 is 27.5 Å². The maximum absolute atomic E-state index is 12.0. The molecule has 1 atom stereocenters. The number of carbonyl (C=O) groups is 2. The van der Waals surface area contributed by atoms with Crippen molar-refractivity contribution in [3.8, 4) is 0 Å². The van der Waals surface area contributed by atoms with Gasteiger partial charge in [0.2, 0.25) is 5.78 Å². The van der Waals surface area contributed by atoms with E-state index in [1.165, 1.54) is 7.11 Å². The van der Waals surface area contributed by atoms with Gasteiger partial charge in [-0.2, -0.15) is 0 Å². The molecule has 0 fully saturated rings. The first-order chi connectivity index (χ1) is 9.08. The maximum atomic E-state index is 12.0. The van der Waals surface area contributed by atoms with E-state index in [1.807, 2.05) is 6.07 Å². The van der Waals surface area contributed by atoms with Gasteiger partial charge >= 0.3 is 5.97 Å². The highest BCUT2D eigenvalue weighted by Gasteiger charge is 2.36. The molecule has 0 radical (unpaired) electrons. The standard InChI is InChI=1S/C13H13BrClNO3/c1-19-13(18)12(17)10-7-16(5-4-14)11-3-2-8(15)6-9(10)11/h2-3,6,10H,4-5,7H2,1H3. The molecule has 0 saturated heterocycles. The average Bonchev–Trinajstić information content (AvgIpc) is 2.75. The van der Waals surface area contributed by atoms with Crippen LogP contribution in [-0.2, 0) is 14.3 Å². The van der Waals surface area contributed by atoms with Gasteiger partial charge in [-0.25, -0.2) is 4.79 Å². The quantitative estimate of drug-likeness (QED) is 0.477. The van der Waals surface area contributed by atoms with E-state index < -0.39 is 17.7 Å². The molecule has 0 amide bonds. The number of hydrogen-bond donors (Lipinski definition) is 0. The summed E-state index contributed by atoms with van der Waals surface area (Å²) in [6.07, 6.45) is 0. The number of alkyl halides is 1. The lowest BCUT2D eigenvalue weighted by molar-refractivity contribution is -0.152. The number of methoxy groups -OCH3 is 1. The molecule has 0 saturated carbocycles. The molecule has 0 bridgehead atoms. The molecule has 1 aromatic carbocycles. The van der Waals surface area contributed by atoms with Gasteiger partial charge in [0, 0.05) is 29.1 Å². The number of Topliss-reactive ketones (excluding diaryl/α,β-unsaturated/α-hetero) is 1. The van der Waals surface area contributed by atoms with Crippen LogP contribution in [0.25, 0.3) is 0 Å². The van der Waals surface area contributed by atoms with Gasteiger partial charge in [-0.05, 0) is 23.8 Å². The molecule has 2 rings (SSSR count). The van der Waals surface area contributed by atoms with Crippen molar-refractivity contribution in [1.29, 1.82) is 0 Å². The number of benzene rings is 1. The van der Waals surface area contributed by atoms with Gasteiger partial charge in [0.05, 0.1) is 13.0 Å². The predicted octanol–water partition coefficient (Wildman–Crippen LogP) is 2.38. The summed E-state index contributed by atoms with van der Waals surface area (Å²) in [6, 6.07) is 5.41. The summed E-state index contributed by atoms with van der Waals surface area (Å²) in [5, 5.41) is 1.34. The zero-order valence-electron chi connectivity index (χ0n) is 10.4. The van der Waals surface area contributed by atoms with E-state index in [0.717, 1.165) is 23.1 Å². The summed E-state index contributed by atoms with van der Waals surface area (Å²) < 4.78 is 4.52. The largest absolute Gasteiger partial charge is 0.463 e. The van der Waals surface area contributed by atoms with Crippen molar-refractivity contribution in [2.45, 2.75) is 5.92 Å². The van der Waals surface area contributed by atoms with Crippen LogP contribution in [0.5, 0.6) is 0 Å². The van der Waals surface area contributed by atoms with E-state index in [2.05, 4.69) is 25.6 Å². The molecule has 0 aromatic heterocycles. The molecule has 1 aromatic rings. The molecular formula is C13H13BrClNO3. The first kappa shape index (κ1) is 14.3. The van der Waals surface area contributed by atoms with Crippen LogP contribution in [0.2, 0.25) is 5.02 Å². The van der Waals surface area contributed by atoms with Crippen molar-refractivity contribution in [2.24, 2.45) is 0 Å². The van der Waals surface area contributed by atoms with Crippen molar-refractivity contribution in [3.63, 3.8) is 0 Å². The summed E-state index contributed by atoms with van der Waals surface area (Å²) >= 11 is 9.36. The Kier molecular flexibility index (Phi) is 4.47. The first-order valence-electron chi connectivity index (χ1n) is 5.81.